The Kier molecular flexibility index (Phi) is 13.1. The van der Waals surface area contributed by atoms with Crippen molar-refractivity contribution in [2.75, 3.05) is 6.54 Å². The molecule has 0 aromatic heterocycles. The fourth-order valence-electron chi connectivity index (χ4n) is 1.12. The Morgan fingerprint density at radius 2 is 1.93 bits per heavy atom. The number of carbonyl (C=O) groups excluding carboxylic acids is 1. The van der Waals surface area contributed by atoms with E-state index in [0.717, 1.165) is 32.2 Å². The molecule has 1 atom stereocenters. The van der Waals surface area contributed by atoms with Crippen molar-refractivity contribution in [3.05, 3.63) is 25.3 Å². The van der Waals surface area contributed by atoms with E-state index < -0.39 is 5.97 Å². The van der Waals surface area contributed by atoms with Crippen molar-refractivity contribution < 1.29 is 29.4 Å². The number of unbranched alkanes of at least 4 members (excludes halogenated alkanes) is 1. The molecule has 1 heterocycles. The van der Waals surface area contributed by atoms with Crippen LogP contribution in [0.1, 0.15) is 25.7 Å². The number of allylic oxidation sites excluding steroid dienone is 2. The molecule has 1 rings (SSSR count). The molecule has 0 saturated carbocycles. The molecule has 1 N–H and O–H groups in total. The van der Waals surface area contributed by atoms with Gasteiger partial charge in [0, 0.05) is 6.04 Å². The van der Waals surface area contributed by atoms with Gasteiger partial charge in [0.2, 0.25) is 0 Å². The fraction of sp³-hybridized carbons (Fsp3) is 0.545. The number of rotatable bonds is 4. The topological polar surface area (TPSA) is 52.2 Å². The van der Waals surface area contributed by atoms with E-state index in [4.69, 9.17) is 0 Å². The van der Waals surface area contributed by atoms with E-state index in [-0.39, 0.29) is 25.5 Å². The Hall–Kier alpha value is -0.467. The number of hydrogen-bond donors (Lipinski definition) is 1. The van der Waals surface area contributed by atoms with Gasteiger partial charge in [-0.05, 0) is 32.2 Å². The molecule has 0 bridgehead atoms. The van der Waals surface area contributed by atoms with Crippen molar-refractivity contribution in [2.24, 2.45) is 0 Å². The first-order chi connectivity index (χ1) is 6.72. The summed E-state index contributed by atoms with van der Waals surface area (Å²) < 4.78 is 0. The zero-order valence-electron chi connectivity index (χ0n) is 8.83. The third kappa shape index (κ3) is 9.83. The van der Waals surface area contributed by atoms with Crippen molar-refractivity contribution in [1.29, 1.82) is 0 Å². The summed E-state index contributed by atoms with van der Waals surface area (Å²) in [4.78, 5) is 10.0. The Morgan fingerprint density at radius 1 is 1.40 bits per heavy atom. The predicted molar refractivity (Wildman–Crippen MR) is 55.7 cm³/mol. The smallest absolute Gasteiger partial charge is 0.548 e. The van der Waals surface area contributed by atoms with E-state index in [0.29, 0.717) is 0 Å². The molecule has 0 aromatic rings. The molecule has 0 aliphatic carbocycles. The van der Waals surface area contributed by atoms with Gasteiger partial charge in [0.15, 0.2) is 0 Å². The van der Waals surface area contributed by atoms with Crippen LogP contribution in [0.4, 0.5) is 0 Å². The number of carboxylic acids is 1. The standard InChI is InChI=1S/C6H10.C5H9NO2.Rh/c1-3-5-6-4-2;7-5(8)4-2-1-3-6-4;/h3-4H,1-2,5-6H2;4,6H,1-3H2,(H,7,8);/q;;+2/p-1/t;4-;/m.0./s1. The van der Waals surface area contributed by atoms with Crippen LogP contribution in [0.5, 0.6) is 0 Å². The summed E-state index contributed by atoms with van der Waals surface area (Å²) in [6.07, 6.45) is 7.58. The Morgan fingerprint density at radius 3 is 2.13 bits per heavy atom. The number of carboxylic acid groups (broad SMARTS) is 1. The normalized spacial score (nSPS) is 18.0. The molecule has 1 radical (unpaired) electrons. The molecule has 1 saturated heterocycles. The van der Waals surface area contributed by atoms with Crippen LogP contribution >= 0.6 is 0 Å². The molecular formula is C11H18NO2Rh+. The van der Waals surface area contributed by atoms with Gasteiger partial charge in [-0.25, -0.2) is 0 Å². The van der Waals surface area contributed by atoms with Crippen molar-refractivity contribution in [3.63, 3.8) is 0 Å². The van der Waals surface area contributed by atoms with Crippen LogP contribution in [0, 0.1) is 0 Å². The number of nitrogens with one attached hydrogen (secondary N) is 1. The third-order valence-electron chi connectivity index (χ3n) is 1.92. The van der Waals surface area contributed by atoms with Crippen molar-refractivity contribution in [2.45, 2.75) is 31.7 Å². The average molecular weight is 299 g/mol. The summed E-state index contributed by atoms with van der Waals surface area (Å²) in [6.45, 7) is 7.92. The van der Waals surface area contributed by atoms with E-state index >= 15 is 0 Å². The average Bonchev–Trinajstić information content (AvgIpc) is 2.68. The van der Waals surface area contributed by atoms with E-state index in [1.54, 1.807) is 0 Å². The van der Waals surface area contributed by atoms with Crippen LogP contribution in [0.15, 0.2) is 25.3 Å². The number of carbonyl (C=O) groups is 1. The van der Waals surface area contributed by atoms with Crippen LogP contribution in [0.25, 0.3) is 0 Å². The second-order valence-electron chi connectivity index (χ2n) is 3.12. The molecule has 0 aromatic carbocycles. The maximum absolute atomic E-state index is 10.0. The van der Waals surface area contributed by atoms with Crippen LogP contribution in [0.3, 0.4) is 0 Å². The van der Waals surface area contributed by atoms with Gasteiger partial charge in [0.05, 0.1) is 5.97 Å². The van der Waals surface area contributed by atoms with E-state index in [1.165, 1.54) is 0 Å². The van der Waals surface area contributed by atoms with Crippen LogP contribution in [-0.2, 0) is 24.3 Å². The van der Waals surface area contributed by atoms with Gasteiger partial charge in [-0.1, -0.05) is 12.2 Å². The largest absolute Gasteiger partial charge is 2.00 e. The second-order valence-corrected chi connectivity index (χ2v) is 3.12. The van der Waals surface area contributed by atoms with Crippen molar-refractivity contribution in [3.8, 4) is 0 Å². The summed E-state index contributed by atoms with van der Waals surface area (Å²) >= 11 is 0. The van der Waals surface area contributed by atoms with Crippen LogP contribution < -0.4 is 10.4 Å². The molecule has 0 amide bonds. The van der Waals surface area contributed by atoms with Gasteiger partial charge in [-0.3, -0.25) is 0 Å². The molecule has 87 valence electrons. The van der Waals surface area contributed by atoms with E-state index in [1.807, 2.05) is 12.2 Å². The predicted octanol–water partition coefficient (Wildman–Crippen LogP) is 0.624. The molecule has 3 nitrogen and oxygen atoms in total. The molecule has 15 heavy (non-hydrogen) atoms. The van der Waals surface area contributed by atoms with Crippen molar-refractivity contribution >= 4 is 5.97 Å². The summed E-state index contributed by atoms with van der Waals surface area (Å²) in [5.41, 5.74) is 0. The number of hydrogen-bond acceptors (Lipinski definition) is 3. The minimum atomic E-state index is -0.970. The SMILES string of the molecule is C=CCCC=C.O=C([O-])[C@@H]1CCCN1.[Rh+2]. The summed E-state index contributed by atoms with van der Waals surface area (Å²) in [5.74, 6) is -0.970. The van der Waals surface area contributed by atoms with E-state index in [2.05, 4.69) is 18.5 Å². The van der Waals surface area contributed by atoms with Gasteiger partial charge in [0.1, 0.15) is 0 Å². The van der Waals surface area contributed by atoms with Gasteiger partial charge in [0.25, 0.3) is 0 Å². The van der Waals surface area contributed by atoms with Crippen LogP contribution in [-0.4, -0.2) is 18.6 Å². The fourth-order valence-corrected chi connectivity index (χ4v) is 1.12. The first-order valence-electron chi connectivity index (χ1n) is 4.88. The molecule has 4 heteroatoms. The van der Waals surface area contributed by atoms with Crippen LogP contribution in [0.2, 0.25) is 0 Å². The Labute approximate surface area is 104 Å². The summed E-state index contributed by atoms with van der Waals surface area (Å²) in [7, 11) is 0. The zero-order valence-corrected chi connectivity index (χ0v) is 10.5. The molecule has 1 aliphatic rings. The first kappa shape index (κ1) is 16.9. The quantitative estimate of drug-likeness (QED) is 0.470. The molecule has 1 aliphatic heterocycles. The second kappa shape index (κ2) is 11.6. The Bertz CT molecular complexity index is 181. The summed E-state index contributed by atoms with van der Waals surface area (Å²) in [6, 6.07) is -0.380. The maximum atomic E-state index is 10.0. The molecular weight excluding hydrogens is 281 g/mol. The van der Waals surface area contributed by atoms with Crippen molar-refractivity contribution in [1.82, 2.24) is 5.32 Å². The maximum Gasteiger partial charge on any atom is 2.00 e. The van der Waals surface area contributed by atoms with E-state index in [9.17, 15) is 9.90 Å². The number of aliphatic carboxylic acids is 1. The van der Waals surface area contributed by atoms with Gasteiger partial charge in [-0.15, -0.1) is 13.2 Å². The monoisotopic (exact) mass is 299 g/mol. The minimum Gasteiger partial charge on any atom is -0.548 e. The summed E-state index contributed by atoms with van der Waals surface area (Å²) in [5, 5.41) is 12.8. The minimum absolute atomic E-state index is 0. The molecule has 1 fully saturated rings. The third-order valence-corrected chi connectivity index (χ3v) is 1.92. The zero-order chi connectivity index (χ0) is 10.8. The van der Waals surface area contributed by atoms with Gasteiger partial charge in [-0.2, -0.15) is 0 Å². The van der Waals surface area contributed by atoms with Gasteiger partial charge >= 0.3 is 19.5 Å². The van der Waals surface area contributed by atoms with Gasteiger partial charge < -0.3 is 15.2 Å². The molecule has 0 unspecified atom stereocenters. The Balaban J connectivity index is 0. The molecule has 0 spiro atoms. The first-order valence-corrected chi connectivity index (χ1v) is 4.88.